The van der Waals surface area contributed by atoms with E-state index in [1.165, 1.54) is 5.56 Å². The van der Waals surface area contributed by atoms with Crippen LogP contribution in [0.2, 0.25) is 0 Å². The maximum atomic E-state index is 9.16. The third kappa shape index (κ3) is 3.47. The van der Waals surface area contributed by atoms with Crippen LogP contribution in [0.3, 0.4) is 0 Å². The van der Waals surface area contributed by atoms with Crippen molar-refractivity contribution in [2.45, 2.75) is 45.6 Å². The number of benzene rings is 1. The van der Waals surface area contributed by atoms with E-state index in [2.05, 4.69) is 28.9 Å². The second kappa shape index (κ2) is 6.83. The highest BCUT2D eigenvalue weighted by molar-refractivity contribution is 5.23. The number of aryl methyl sites for hydroxylation is 2. The van der Waals surface area contributed by atoms with Crippen LogP contribution >= 0.6 is 0 Å². The molecular weight excluding hydrogens is 290 g/mol. The SMILES string of the molecule is CO[C@@H]1C[C@@H](c2nc(C)c(C)[nH]2)N(Cc2ccc(CO)cc2)C1. The Kier molecular flexibility index (Phi) is 4.80. The van der Waals surface area contributed by atoms with Crippen LogP contribution in [0, 0.1) is 13.8 Å². The minimum atomic E-state index is 0.0866. The van der Waals surface area contributed by atoms with Gasteiger partial charge in [0.1, 0.15) is 5.82 Å². The van der Waals surface area contributed by atoms with Crippen molar-refractivity contribution in [1.82, 2.24) is 14.9 Å². The fraction of sp³-hybridized carbons (Fsp3) is 0.500. The number of imidazole rings is 1. The van der Waals surface area contributed by atoms with E-state index in [1.54, 1.807) is 7.11 Å². The lowest BCUT2D eigenvalue weighted by atomic mass is 10.1. The summed E-state index contributed by atoms with van der Waals surface area (Å²) in [6.07, 6.45) is 1.19. The summed E-state index contributed by atoms with van der Waals surface area (Å²) in [5, 5.41) is 9.16. The summed E-state index contributed by atoms with van der Waals surface area (Å²) in [5.41, 5.74) is 4.38. The van der Waals surface area contributed by atoms with Gasteiger partial charge in [0.2, 0.25) is 0 Å². The van der Waals surface area contributed by atoms with Crippen LogP contribution in [0.4, 0.5) is 0 Å². The van der Waals surface area contributed by atoms with Gasteiger partial charge in [-0.2, -0.15) is 0 Å². The molecule has 3 rings (SSSR count). The molecule has 1 fully saturated rings. The molecule has 1 aromatic heterocycles. The van der Waals surface area contributed by atoms with Crippen LogP contribution in [-0.4, -0.2) is 39.7 Å². The molecule has 0 unspecified atom stereocenters. The average molecular weight is 315 g/mol. The highest BCUT2D eigenvalue weighted by Gasteiger charge is 2.35. The maximum Gasteiger partial charge on any atom is 0.124 e. The molecule has 0 saturated carbocycles. The van der Waals surface area contributed by atoms with E-state index >= 15 is 0 Å². The Labute approximate surface area is 137 Å². The quantitative estimate of drug-likeness (QED) is 0.890. The summed E-state index contributed by atoms with van der Waals surface area (Å²) in [7, 11) is 1.78. The number of hydrogen-bond acceptors (Lipinski definition) is 4. The summed E-state index contributed by atoms with van der Waals surface area (Å²) < 4.78 is 5.59. The van der Waals surface area contributed by atoms with Crippen molar-refractivity contribution < 1.29 is 9.84 Å². The standard InChI is InChI=1S/C18H25N3O2/c1-12-13(2)20-18(19-12)17-8-16(23-3)10-21(17)9-14-4-6-15(11-22)7-5-14/h4-7,16-17,22H,8-11H2,1-3H3,(H,19,20)/t16-,17+/m1/s1. The van der Waals surface area contributed by atoms with E-state index in [1.807, 2.05) is 19.1 Å². The molecule has 124 valence electrons. The number of nitrogens with one attached hydrogen (secondary N) is 1. The van der Waals surface area contributed by atoms with E-state index < -0.39 is 0 Å². The summed E-state index contributed by atoms with van der Waals surface area (Å²) in [5.74, 6) is 1.03. The van der Waals surface area contributed by atoms with Gasteiger partial charge in [-0.1, -0.05) is 24.3 Å². The molecule has 1 saturated heterocycles. The molecule has 0 radical (unpaired) electrons. The lowest BCUT2D eigenvalue weighted by molar-refractivity contribution is 0.107. The zero-order valence-corrected chi connectivity index (χ0v) is 14.0. The lowest BCUT2D eigenvalue weighted by Crippen LogP contribution is -2.25. The lowest BCUT2D eigenvalue weighted by Gasteiger charge is -2.22. The first-order valence-corrected chi connectivity index (χ1v) is 8.09. The number of aromatic amines is 1. The molecule has 1 aliphatic rings. The Hall–Kier alpha value is -1.69. The third-order valence-corrected chi connectivity index (χ3v) is 4.75. The van der Waals surface area contributed by atoms with E-state index in [9.17, 15) is 0 Å². The number of methoxy groups -OCH3 is 1. The van der Waals surface area contributed by atoms with E-state index in [4.69, 9.17) is 14.8 Å². The molecule has 0 bridgehead atoms. The Morgan fingerprint density at radius 1 is 1.26 bits per heavy atom. The van der Waals surface area contributed by atoms with Crippen LogP contribution < -0.4 is 0 Å². The largest absolute Gasteiger partial charge is 0.392 e. The minimum absolute atomic E-state index is 0.0866. The molecule has 2 aromatic rings. The number of nitrogens with zero attached hydrogens (tertiary/aromatic N) is 2. The predicted molar refractivity (Wildman–Crippen MR) is 89.0 cm³/mol. The first kappa shape index (κ1) is 16.2. The van der Waals surface area contributed by atoms with Gasteiger partial charge in [-0.15, -0.1) is 0 Å². The second-order valence-corrected chi connectivity index (χ2v) is 6.35. The predicted octanol–water partition coefficient (Wildman–Crippen LogP) is 2.48. The zero-order chi connectivity index (χ0) is 16.4. The number of ether oxygens (including phenoxy) is 1. The van der Waals surface area contributed by atoms with Gasteiger partial charge in [-0.3, -0.25) is 4.90 Å². The van der Waals surface area contributed by atoms with Gasteiger partial charge < -0.3 is 14.8 Å². The summed E-state index contributed by atoms with van der Waals surface area (Å²) in [6.45, 7) is 5.95. The van der Waals surface area contributed by atoms with Crippen LogP contribution in [0.15, 0.2) is 24.3 Å². The van der Waals surface area contributed by atoms with Crippen LogP contribution in [0.25, 0.3) is 0 Å². The zero-order valence-electron chi connectivity index (χ0n) is 14.0. The van der Waals surface area contributed by atoms with Gasteiger partial charge in [0.05, 0.1) is 24.4 Å². The Balaban J connectivity index is 1.79. The highest BCUT2D eigenvalue weighted by Crippen LogP contribution is 2.33. The second-order valence-electron chi connectivity index (χ2n) is 6.35. The summed E-state index contributed by atoms with van der Waals surface area (Å²) >= 11 is 0. The number of rotatable bonds is 5. The van der Waals surface area contributed by atoms with Gasteiger partial charge in [0.25, 0.3) is 0 Å². The number of aromatic nitrogens is 2. The van der Waals surface area contributed by atoms with Gasteiger partial charge in [-0.05, 0) is 31.4 Å². The van der Waals surface area contributed by atoms with Crippen LogP contribution in [0.1, 0.15) is 40.8 Å². The molecule has 5 heteroatoms. The molecule has 2 atom stereocenters. The molecule has 5 nitrogen and oxygen atoms in total. The smallest absolute Gasteiger partial charge is 0.124 e. The van der Waals surface area contributed by atoms with Crippen molar-refractivity contribution in [1.29, 1.82) is 0 Å². The molecule has 1 aliphatic heterocycles. The first-order chi connectivity index (χ1) is 11.1. The summed E-state index contributed by atoms with van der Waals surface area (Å²) in [6, 6.07) is 8.39. The Bertz CT molecular complexity index is 631. The van der Waals surface area contributed by atoms with Crippen molar-refractivity contribution in [3.05, 3.63) is 52.6 Å². The normalized spacial score (nSPS) is 21.9. The number of hydrogen-bond donors (Lipinski definition) is 2. The number of aliphatic hydroxyl groups excluding tert-OH is 1. The van der Waals surface area contributed by atoms with Crippen LogP contribution in [-0.2, 0) is 17.9 Å². The molecule has 2 N–H and O–H groups in total. The number of H-pyrrole nitrogens is 1. The van der Waals surface area contributed by atoms with Crippen molar-refractivity contribution in [3.63, 3.8) is 0 Å². The van der Waals surface area contributed by atoms with Gasteiger partial charge in [-0.25, -0.2) is 4.98 Å². The minimum Gasteiger partial charge on any atom is -0.392 e. The van der Waals surface area contributed by atoms with Gasteiger partial charge in [0, 0.05) is 25.9 Å². The molecule has 0 spiro atoms. The van der Waals surface area contributed by atoms with Gasteiger partial charge >= 0.3 is 0 Å². The number of aliphatic hydroxyl groups is 1. The van der Waals surface area contributed by atoms with Crippen molar-refractivity contribution in [2.75, 3.05) is 13.7 Å². The van der Waals surface area contributed by atoms with E-state index in [-0.39, 0.29) is 18.8 Å². The number of likely N-dealkylation sites (tertiary alicyclic amines) is 1. The monoisotopic (exact) mass is 315 g/mol. The van der Waals surface area contributed by atoms with E-state index in [0.29, 0.717) is 0 Å². The highest BCUT2D eigenvalue weighted by atomic mass is 16.5. The molecule has 23 heavy (non-hydrogen) atoms. The average Bonchev–Trinajstić information content (AvgIpc) is 3.11. The molecule has 0 aliphatic carbocycles. The topological polar surface area (TPSA) is 61.4 Å². The maximum absolute atomic E-state index is 9.16. The molecule has 0 amide bonds. The molecule has 1 aromatic carbocycles. The molecular formula is C18H25N3O2. The Morgan fingerprint density at radius 3 is 2.52 bits per heavy atom. The Morgan fingerprint density at radius 2 is 1.96 bits per heavy atom. The fourth-order valence-electron chi connectivity index (χ4n) is 3.21. The van der Waals surface area contributed by atoms with Crippen molar-refractivity contribution >= 4 is 0 Å². The van der Waals surface area contributed by atoms with Crippen molar-refractivity contribution in [2.24, 2.45) is 0 Å². The summed E-state index contributed by atoms with van der Waals surface area (Å²) in [4.78, 5) is 10.5. The van der Waals surface area contributed by atoms with Crippen LogP contribution in [0.5, 0.6) is 0 Å². The third-order valence-electron chi connectivity index (χ3n) is 4.75. The van der Waals surface area contributed by atoms with Gasteiger partial charge in [0.15, 0.2) is 0 Å². The van der Waals surface area contributed by atoms with E-state index in [0.717, 1.165) is 42.3 Å². The first-order valence-electron chi connectivity index (χ1n) is 8.09. The molecule has 2 heterocycles. The van der Waals surface area contributed by atoms with Crippen molar-refractivity contribution in [3.8, 4) is 0 Å². The fourth-order valence-corrected chi connectivity index (χ4v) is 3.21.